The molecule has 1 aromatic carbocycles. The molecule has 0 aromatic heterocycles. The lowest BCUT2D eigenvalue weighted by atomic mass is 10.2. The van der Waals surface area contributed by atoms with Gasteiger partial charge in [0.05, 0.1) is 0 Å². The van der Waals surface area contributed by atoms with E-state index >= 15 is 0 Å². The van der Waals surface area contributed by atoms with Gasteiger partial charge in [-0.3, -0.25) is 0 Å². The van der Waals surface area contributed by atoms with E-state index in [1.807, 2.05) is 30.0 Å². The molecule has 2 N–H and O–H groups in total. The highest BCUT2D eigenvalue weighted by Gasteiger charge is 2.14. The van der Waals surface area contributed by atoms with E-state index in [0.717, 1.165) is 37.5 Å². The lowest BCUT2D eigenvalue weighted by Gasteiger charge is -2.21. The van der Waals surface area contributed by atoms with Crippen LogP contribution >= 0.6 is 11.8 Å². The average Bonchev–Trinajstić information content (AvgIpc) is 2.52. The number of nitrogens with one attached hydrogen (secondary N) is 2. The first-order valence-corrected chi connectivity index (χ1v) is 8.27. The van der Waals surface area contributed by atoms with E-state index < -0.39 is 0 Å². The summed E-state index contributed by atoms with van der Waals surface area (Å²) < 4.78 is 5.37. The molecule has 1 aliphatic heterocycles. The summed E-state index contributed by atoms with van der Waals surface area (Å²) in [6, 6.07) is 7.79. The summed E-state index contributed by atoms with van der Waals surface area (Å²) in [5, 5.41) is 6.21. The first kappa shape index (κ1) is 15.9. The van der Waals surface area contributed by atoms with Crippen molar-refractivity contribution in [1.82, 2.24) is 5.32 Å². The average molecular weight is 306 g/mol. The van der Waals surface area contributed by atoms with Gasteiger partial charge in [0.2, 0.25) is 0 Å². The summed E-state index contributed by atoms with van der Waals surface area (Å²) in [4.78, 5) is 11.6. The van der Waals surface area contributed by atoms with Crippen LogP contribution in [0.3, 0.4) is 0 Å². The highest BCUT2D eigenvalue weighted by atomic mass is 32.2. The molecule has 0 radical (unpaired) electrons. The number of benzene rings is 1. The fourth-order valence-electron chi connectivity index (χ4n) is 2.14. The Kier molecular flexibility index (Phi) is 6.63. The molecular formula is C16H22N2O2S. The third-order valence-electron chi connectivity index (χ3n) is 3.25. The van der Waals surface area contributed by atoms with Gasteiger partial charge in [-0.15, -0.1) is 6.58 Å². The summed E-state index contributed by atoms with van der Waals surface area (Å²) in [7, 11) is 0. The first-order valence-electron chi connectivity index (χ1n) is 7.22. The molecule has 0 bridgehead atoms. The molecule has 1 saturated heterocycles. The van der Waals surface area contributed by atoms with Crippen molar-refractivity contribution in [3.8, 4) is 0 Å². The Morgan fingerprint density at radius 1 is 1.43 bits per heavy atom. The molecule has 0 saturated carbocycles. The van der Waals surface area contributed by atoms with Crippen LogP contribution in [-0.4, -0.2) is 31.0 Å². The van der Waals surface area contributed by atoms with Crippen molar-refractivity contribution in [3.63, 3.8) is 0 Å². The molecule has 5 heteroatoms. The van der Waals surface area contributed by atoms with E-state index in [9.17, 15) is 4.79 Å². The zero-order valence-corrected chi connectivity index (χ0v) is 13.0. The predicted molar refractivity (Wildman–Crippen MR) is 88.8 cm³/mol. The maximum Gasteiger partial charge on any atom is 0.319 e. The fraction of sp³-hybridized carbons (Fsp3) is 0.438. The number of thioether (sulfide) groups is 1. The van der Waals surface area contributed by atoms with E-state index in [1.54, 1.807) is 6.08 Å². The summed E-state index contributed by atoms with van der Waals surface area (Å²) in [5.74, 6) is 0.967. The Bertz CT molecular complexity index is 473. The third kappa shape index (κ3) is 5.81. The van der Waals surface area contributed by atoms with Gasteiger partial charge in [-0.2, -0.15) is 11.8 Å². The van der Waals surface area contributed by atoms with Gasteiger partial charge in [0.15, 0.2) is 0 Å². The fourth-order valence-corrected chi connectivity index (χ4v) is 3.27. The van der Waals surface area contributed by atoms with Crippen molar-refractivity contribution in [2.45, 2.75) is 23.8 Å². The summed E-state index contributed by atoms with van der Waals surface area (Å²) in [6.45, 7) is 5.79. The van der Waals surface area contributed by atoms with Crippen LogP contribution in [0.2, 0.25) is 0 Å². The van der Waals surface area contributed by atoms with Crippen LogP contribution in [0, 0.1) is 0 Å². The van der Waals surface area contributed by atoms with Gasteiger partial charge in [-0.25, -0.2) is 4.79 Å². The van der Waals surface area contributed by atoms with Crippen LogP contribution in [0.15, 0.2) is 36.9 Å². The number of amides is 2. The Morgan fingerprint density at radius 3 is 3.00 bits per heavy atom. The molecular weight excluding hydrogens is 284 g/mol. The van der Waals surface area contributed by atoms with Gasteiger partial charge in [-0.1, -0.05) is 18.2 Å². The Labute approximate surface area is 130 Å². The SMILES string of the molecule is C=CCNC(=O)Nc1cccc(CSC2CCOCC2)c1. The van der Waals surface area contributed by atoms with E-state index in [-0.39, 0.29) is 6.03 Å². The number of hydrogen-bond donors (Lipinski definition) is 2. The van der Waals surface area contributed by atoms with Crippen LogP contribution in [0.25, 0.3) is 0 Å². The molecule has 0 aliphatic carbocycles. The number of urea groups is 1. The van der Waals surface area contributed by atoms with Crippen molar-refractivity contribution in [3.05, 3.63) is 42.5 Å². The van der Waals surface area contributed by atoms with Crippen molar-refractivity contribution in [1.29, 1.82) is 0 Å². The first-order chi connectivity index (χ1) is 10.3. The minimum Gasteiger partial charge on any atom is -0.381 e. The van der Waals surface area contributed by atoms with Gasteiger partial charge in [0, 0.05) is 36.4 Å². The van der Waals surface area contributed by atoms with E-state index in [1.165, 1.54) is 5.56 Å². The molecule has 21 heavy (non-hydrogen) atoms. The summed E-state index contributed by atoms with van der Waals surface area (Å²) in [5.41, 5.74) is 2.05. The monoisotopic (exact) mass is 306 g/mol. The topological polar surface area (TPSA) is 50.4 Å². The molecule has 1 aliphatic rings. The van der Waals surface area contributed by atoms with E-state index in [2.05, 4.69) is 23.3 Å². The van der Waals surface area contributed by atoms with Crippen LogP contribution < -0.4 is 10.6 Å². The number of rotatable bonds is 6. The zero-order valence-electron chi connectivity index (χ0n) is 12.1. The largest absolute Gasteiger partial charge is 0.381 e. The van der Waals surface area contributed by atoms with Crippen LogP contribution in [0.1, 0.15) is 18.4 Å². The molecule has 2 rings (SSSR count). The Balaban J connectivity index is 1.82. The molecule has 1 aromatic rings. The highest BCUT2D eigenvalue weighted by molar-refractivity contribution is 7.99. The highest BCUT2D eigenvalue weighted by Crippen LogP contribution is 2.26. The minimum absolute atomic E-state index is 0.205. The minimum atomic E-state index is -0.205. The Hall–Kier alpha value is -1.46. The molecule has 0 spiro atoms. The third-order valence-corrected chi connectivity index (χ3v) is 4.69. The number of hydrogen-bond acceptors (Lipinski definition) is 3. The number of carbonyl (C=O) groups excluding carboxylic acids is 1. The van der Waals surface area contributed by atoms with Crippen molar-refractivity contribution < 1.29 is 9.53 Å². The molecule has 114 valence electrons. The second kappa shape index (κ2) is 8.74. The molecule has 1 heterocycles. The molecule has 4 nitrogen and oxygen atoms in total. The van der Waals surface area contributed by atoms with Gasteiger partial charge < -0.3 is 15.4 Å². The normalized spacial score (nSPS) is 15.4. The van der Waals surface area contributed by atoms with Crippen molar-refractivity contribution in [2.24, 2.45) is 0 Å². The predicted octanol–water partition coefficient (Wildman–Crippen LogP) is 3.41. The molecule has 0 atom stereocenters. The van der Waals surface area contributed by atoms with E-state index in [0.29, 0.717) is 11.8 Å². The quantitative estimate of drug-likeness (QED) is 0.792. The second-order valence-corrected chi connectivity index (χ2v) is 6.24. The van der Waals surface area contributed by atoms with Gasteiger partial charge in [0.1, 0.15) is 0 Å². The lowest BCUT2D eigenvalue weighted by molar-refractivity contribution is 0.1000. The van der Waals surface area contributed by atoms with Crippen LogP contribution in [-0.2, 0) is 10.5 Å². The number of carbonyl (C=O) groups is 1. The maximum absolute atomic E-state index is 11.6. The summed E-state index contributed by atoms with van der Waals surface area (Å²) in [6.07, 6.45) is 3.92. The number of anilines is 1. The standard InChI is InChI=1S/C16H22N2O2S/c1-2-8-17-16(19)18-14-5-3-4-13(11-14)12-21-15-6-9-20-10-7-15/h2-5,11,15H,1,6-10,12H2,(H2,17,18,19). The summed E-state index contributed by atoms with van der Waals surface area (Å²) >= 11 is 1.97. The molecule has 1 fully saturated rings. The van der Waals surface area contributed by atoms with Gasteiger partial charge in [0.25, 0.3) is 0 Å². The van der Waals surface area contributed by atoms with Gasteiger partial charge >= 0.3 is 6.03 Å². The van der Waals surface area contributed by atoms with Crippen molar-refractivity contribution >= 4 is 23.5 Å². The van der Waals surface area contributed by atoms with Crippen LogP contribution in [0.4, 0.5) is 10.5 Å². The second-order valence-electron chi connectivity index (χ2n) is 4.95. The zero-order chi connectivity index (χ0) is 14.9. The van der Waals surface area contributed by atoms with Crippen LogP contribution in [0.5, 0.6) is 0 Å². The van der Waals surface area contributed by atoms with Crippen molar-refractivity contribution in [2.75, 3.05) is 25.1 Å². The smallest absolute Gasteiger partial charge is 0.319 e. The lowest BCUT2D eigenvalue weighted by Crippen LogP contribution is -2.28. The maximum atomic E-state index is 11.6. The van der Waals surface area contributed by atoms with E-state index in [4.69, 9.17) is 4.74 Å². The molecule has 0 unspecified atom stereocenters. The Morgan fingerprint density at radius 2 is 2.24 bits per heavy atom. The molecule has 2 amide bonds. The van der Waals surface area contributed by atoms with Gasteiger partial charge in [-0.05, 0) is 30.5 Å². The number of ether oxygens (including phenoxy) is 1.